The van der Waals surface area contributed by atoms with Crippen LogP contribution in [0.25, 0.3) is 0 Å². The molecular formula is C4H3FN. The van der Waals surface area contributed by atoms with E-state index < -0.39 is 5.83 Å². The highest BCUT2D eigenvalue weighted by Crippen LogP contribution is 1.91. The number of allylic oxidation sites excluding steroid dienone is 1. The van der Waals surface area contributed by atoms with E-state index in [0.29, 0.717) is 0 Å². The van der Waals surface area contributed by atoms with Gasteiger partial charge in [-0.1, -0.05) is 6.58 Å². The third-order valence-electron chi connectivity index (χ3n) is 0.221. The van der Waals surface area contributed by atoms with Gasteiger partial charge in [0.15, 0.2) is 0 Å². The Balaban J connectivity index is 3.13. The second-order valence-electron chi connectivity index (χ2n) is 0.720. The average molecular weight is 84.1 g/mol. The Bertz CT molecular complexity index is 90.2. The predicted octanol–water partition coefficient (Wildman–Crippen LogP) is 1.20. The molecule has 0 rings (SSSR count). The summed E-state index contributed by atoms with van der Waals surface area (Å²) in [6.07, 6.45) is 0.736. The van der Waals surface area contributed by atoms with E-state index in [0.717, 1.165) is 6.42 Å². The first-order valence-electron chi connectivity index (χ1n) is 1.34. The fourth-order valence-electron chi connectivity index (χ4n) is 0.0700. The molecule has 6 heavy (non-hydrogen) atoms. The molecule has 0 bridgehead atoms. The fraction of sp³-hybridized carbons (Fsp3) is 0. The number of rotatable bonds is 1. The summed E-state index contributed by atoms with van der Waals surface area (Å²) in [5, 5.41) is 7.63. The zero-order chi connectivity index (χ0) is 4.99. The second kappa shape index (κ2) is 2.40. The molecule has 0 aliphatic rings. The summed E-state index contributed by atoms with van der Waals surface area (Å²) in [6.45, 7) is 2.80. The first-order valence-corrected chi connectivity index (χ1v) is 1.34. The third kappa shape index (κ3) is 3.16. The first kappa shape index (κ1) is 5.16. The smallest absolute Gasteiger partial charge is 0.119 e. The average Bonchev–Trinajstić information content (AvgIpc) is 1.35. The summed E-state index contributed by atoms with van der Waals surface area (Å²) in [5.74, 6) is -0.697. The Morgan fingerprint density at radius 2 is 2.50 bits per heavy atom. The third-order valence-corrected chi connectivity index (χ3v) is 0.221. The lowest BCUT2D eigenvalue weighted by atomic mass is 10.4. The van der Waals surface area contributed by atoms with E-state index in [1.165, 1.54) is 6.07 Å². The SMILES string of the molecule is C=C(F)[CH]C#N. The van der Waals surface area contributed by atoms with E-state index in [-0.39, 0.29) is 0 Å². The van der Waals surface area contributed by atoms with Crippen molar-refractivity contribution < 1.29 is 4.39 Å². The van der Waals surface area contributed by atoms with Gasteiger partial charge in [0.05, 0.1) is 6.07 Å². The molecular weight excluding hydrogens is 81.0 g/mol. The molecule has 0 heterocycles. The molecule has 0 aromatic rings. The monoisotopic (exact) mass is 84.0 g/mol. The van der Waals surface area contributed by atoms with Gasteiger partial charge in [-0.2, -0.15) is 5.26 Å². The lowest BCUT2D eigenvalue weighted by Crippen LogP contribution is -1.62. The van der Waals surface area contributed by atoms with Gasteiger partial charge < -0.3 is 0 Å². The summed E-state index contributed by atoms with van der Waals surface area (Å²) in [5.41, 5.74) is 0. The molecule has 0 N–H and O–H groups in total. The molecule has 0 unspecified atom stereocenters. The maximum absolute atomic E-state index is 11.2. The standard InChI is InChI=1S/C4H3FN/c1-4(5)2-3-6/h2H,1H2. The summed E-state index contributed by atoms with van der Waals surface area (Å²) >= 11 is 0. The molecule has 0 fully saturated rings. The van der Waals surface area contributed by atoms with Gasteiger partial charge in [0.2, 0.25) is 0 Å². The molecule has 1 nitrogen and oxygen atoms in total. The van der Waals surface area contributed by atoms with Gasteiger partial charge in [-0.25, -0.2) is 4.39 Å². The largest absolute Gasteiger partial charge is 0.211 e. The van der Waals surface area contributed by atoms with Crippen molar-refractivity contribution in [3.8, 4) is 6.07 Å². The van der Waals surface area contributed by atoms with Crippen LogP contribution in [-0.4, -0.2) is 0 Å². The normalized spacial score (nSPS) is 6.67. The molecule has 0 spiro atoms. The molecule has 0 saturated heterocycles. The Labute approximate surface area is 35.7 Å². The summed E-state index contributed by atoms with van der Waals surface area (Å²) < 4.78 is 11.2. The van der Waals surface area contributed by atoms with Crippen LogP contribution in [0.3, 0.4) is 0 Å². The van der Waals surface area contributed by atoms with Crippen LogP contribution in [0.1, 0.15) is 0 Å². The van der Waals surface area contributed by atoms with Crippen molar-refractivity contribution in [2.75, 3.05) is 0 Å². The second-order valence-corrected chi connectivity index (χ2v) is 0.720. The Kier molecular flexibility index (Phi) is 2.06. The topological polar surface area (TPSA) is 23.8 Å². The fourth-order valence-corrected chi connectivity index (χ4v) is 0.0700. The van der Waals surface area contributed by atoms with Crippen LogP contribution in [0.4, 0.5) is 4.39 Å². The van der Waals surface area contributed by atoms with Crippen molar-refractivity contribution in [2.45, 2.75) is 0 Å². The predicted molar refractivity (Wildman–Crippen MR) is 20.2 cm³/mol. The lowest BCUT2D eigenvalue weighted by molar-refractivity contribution is 0.660. The van der Waals surface area contributed by atoms with Crippen LogP contribution in [0, 0.1) is 17.8 Å². The van der Waals surface area contributed by atoms with Gasteiger partial charge in [0.1, 0.15) is 12.2 Å². The molecule has 0 amide bonds. The Morgan fingerprint density at radius 1 is 2.00 bits per heavy atom. The van der Waals surface area contributed by atoms with E-state index in [2.05, 4.69) is 6.58 Å². The zero-order valence-corrected chi connectivity index (χ0v) is 3.11. The van der Waals surface area contributed by atoms with E-state index in [1.807, 2.05) is 0 Å². The molecule has 0 saturated carbocycles. The Morgan fingerprint density at radius 3 is 2.50 bits per heavy atom. The number of halogens is 1. The summed E-state index contributed by atoms with van der Waals surface area (Å²) in [7, 11) is 0. The number of nitrogens with zero attached hydrogens (tertiary/aromatic N) is 1. The highest BCUT2D eigenvalue weighted by Gasteiger charge is 1.82. The molecule has 0 aromatic heterocycles. The van der Waals surface area contributed by atoms with E-state index >= 15 is 0 Å². The van der Waals surface area contributed by atoms with Gasteiger partial charge in [0.25, 0.3) is 0 Å². The minimum Gasteiger partial charge on any atom is -0.211 e. The van der Waals surface area contributed by atoms with Gasteiger partial charge >= 0.3 is 0 Å². The maximum atomic E-state index is 11.2. The minimum atomic E-state index is -0.697. The van der Waals surface area contributed by atoms with E-state index in [4.69, 9.17) is 5.26 Å². The van der Waals surface area contributed by atoms with Crippen LogP contribution < -0.4 is 0 Å². The zero-order valence-electron chi connectivity index (χ0n) is 3.11. The number of hydrogen-bond acceptors (Lipinski definition) is 1. The maximum Gasteiger partial charge on any atom is 0.119 e. The summed E-state index contributed by atoms with van der Waals surface area (Å²) in [4.78, 5) is 0. The molecule has 0 atom stereocenters. The van der Waals surface area contributed by atoms with Crippen LogP contribution in [-0.2, 0) is 0 Å². The molecule has 0 aliphatic carbocycles. The van der Waals surface area contributed by atoms with Gasteiger partial charge in [-0.3, -0.25) is 0 Å². The van der Waals surface area contributed by atoms with E-state index in [1.54, 1.807) is 0 Å². The van der Waals surface area contributed by atoms with Crippen molar-refractivity contribution in [3.63, 3.8) is 0 Å². The minimum absolute atomic E-state index is 0.697. The van der Waals surface area contributed by atoms with Crippen LogP contribution >= 0.6 is 0 Å². The molecule has 1 radical (unpaired) electrons. The van der Waals surface area contributed by atoms with Gasteiger partial charge in [0, 0.05) is 0 Å². The number of nitriles is 1. The van der Waals surface area contributed by atoms with Crippen LogP contribution in [0.15, 0.2) is 12.4 Å². The van der Waals surface area contributed by atoms with Crippen molar-refractivity contribution in [2.24, 2.45) is 0 Å². The van der Waals surface area contributed by atoms with Gasteiger partial charge in [-0.15, -0.1) is 0 Å². The van der Waals surface area contributed by atoms with Crippen molar-refractivity contribution >= 4 is 0 Å². The summed E-state index contributed by atoms with van der Waals surface area (Å²) in [6, 6.07) is 1.47. The highest BCUT2D eigenvalue weighted by molar-refractivity contribution is 5.11. The Hall–Kier alpha value is -0.840. The molecule has 0 aromatic carbocycles. The van der Waals surface area contributed by atoms with Crippen LogP contribution in [0.5, 0.6) is 0 Å². The van der Waals surface area contributed by atoms with E-state index in [9.17, 15) is 4.39 Å². The molecule has 2 heteroatoms. The number of hydrogen-bond donors (Lipinski definition) is 0. The van der Waals surface area contributed by atoms with Crippen molar-refractivity contribution in [1.29, 1.82) is 5.26 Å². The first-order chi connectivity index (χ1) is 2.77. The van der Waals surface area contributed by atoms with Gasteiger partial charge in [-0.05, 0) is 0 Å². The molecule has 0 aliphatic heterocycles. The highest BCUT2D eigenvalue weighted by atomic mass is 19.1. The molecule has 31 valence electrons. The van der Waals surface area contributed by atoms with Crippen molar-refractivity contribution in [3.05, 3.63) is 18.8 Å². The quantitative estimate of drug-likeness (QED) is 0.468. The van der Waals surface area contributed by atoms with Crippen LogP contribution in [0.2, 0.25) is 0 Å². The van der Waals surface area contributed by atoms with Crippen molar-refractivity contribution in [1.82, 2.24) is 0 Å². The lowest BCUT2D eigenvalue weighted by Gasteiger charge is -1.71.